The molecule has 4 bridgehead atoms. The Labute approximate surface area is 126 Å². The van der Waals surface area contributed by atoms with Crippen LogP contribution in [0.3, 0.4) is 0 Å². The molecule has 6 rings (SSSR count). The van der Waals surface area contributed by atoms with Gasteiger partial charge in [0, 0.05) is 0 Å². The van der Waals surface area contributed by atoms with E-state index in [0.29, 0.717) is 11.8 Å². The SMILES string of the molecule is OC1(c2cccc3ccccc23)C2CC3CC(C2)CC1C3. The Kier molecular flexibility index (Phi) is 2.39. The van der Waals surface area contributed by atoms with E-state index in [9.17, 15) is 5.11 Å². The number of fused-ring (bicyclic) bond motifs is 1. The summed E-state index contributed by atoms with van der Waals surface area (Å²) in [5.41, 5.74) is 0.628. The molecule has 2 aromatic carbocycles. The fourth-order valence-electron chi connectivity index (χ4n) is 5.92. The number of hydrogen-bond acceptors (Lipinski definition) is 1. The number of hydrogen-bond donors (Lipinski definition) is 1. The molecule has 4 aliphatic carbocycles. The van der Waals surface area contributed by atoms with Gasteiger partial charge in [-0.1, -0.05) is 42.5 Å². The zero-order valence-electron chi connectivity index (χ0n) is 12.3. The summed E-state index contributed by atoms with van der Waals surface area (Å²) in [5.74, 6) is 2.75. The standard InChI is InChI=1S/C20H22O/c21-20(16-9-13-8-14(11-16)12-17(20)10-13)19-7-3-5-15-4-1-2-6-18(15)19/h1-7,13-14,16-17,21H,8-12H2. The Morgan fingerprint density at radius 2 is 1.38 bits per heavy atom. The zero-order chi connectivity index (χ0) is 14.0. The van der Waals surface area contributed by atoms with Crippen molar-refractivity contribution in [1.29, 1.82) is 0 Å². The van der Waals surface area contributed by atoms with E-state index in [1.807, 2.05) is 0 Å². The van der Waals surface area contributed by atoms with Crippen molar-refractivity contribution in [3.63, 3.8) is 0 Å². The normalized spacial score (nSPS) is 40.8. The second-order valence-corrected chi connectivity index (χ2v) is 7.66. The van der Waals surface area contributed by atoms with Crippen molar-refractivity contribution >= 4 is 10.8 Å². The molecule has 0 unspecified atom stereocenters. The first kappa shape index (κ1) is 12.2. The van der Waals surface area contributed by atoms with Gasteiger partial charge in [0.1, 0.15) is 0 Å². The first-order valence-corrected chi connectivity index (χ1v) is 8.45. The molecule has 0 spiro atoms. The Hall–Kier alpha value is -1.34. The first-order valence-electron chi connectivity index (χ1n) is 8.45. The molecule has 0 heterocycles. The van der Waals surface area contributed by atoms with Crippen LogP contribution in [0.4, 0.5) is 0 Å². The third-order valence-electron chi connectivity index (χ3n) is 6.60. The zero-order valence-corrected chi connectivity index (χ0v) is 12.3. The van der Waals surface area contributed by atoms with Gasteiger partial charge in [0.05, 0.1) is 5.60 Å². The van der Waals surface area contributed by atoms with Gasteiger partial charge < -0.3 is 5.11 Å². The maximum atomic E-state index is 11.8. The molecule has 108 valence electrons. The lowest BCUT2D eigenvalue weighted by atomic mass is 9.48. The maximum absolute atomic E-state index is 11.8. The van der Waals surface area contributed by atoms with Crippen molar-refractivity contribution in [2.75, 3.05) is 0 Å². The highest BCUT2D eigenvalue weighted by Crippen LogP contribution is 2.62. The van der Waals surface area contributed by atoms with Crippen molar-refractivity contribution < 1.29 is 5.11 Å². The summed E-state index contributed by atoms with van der Waals surface area (Å²) in [6.45, 7) is 0. The lowest BCUT2D eigenvalue weighted by molar-refractivity contribution is -0.178. The maximum Gasteiger partial charge on any atom is 0.0958 e. The van der Waals surface area contributed by atoms with Gasteiger partial charge in [-0.05, 0) is 72.1 Å². The van der Waals surface area contributed by atoms with Gasteiger partial charge in [-0.3, -0.25) is 0 Å². The second kappa shape index (κ2) is 4.10. The Balaban J connectivity index is 1.71. The average Bonchev–Trinajstić information content (AvgIpc) is 2.51. The van der Waals surface area contributed by atoms with Crippen LogP contribution in [-0.4, -0.2) is 5.11 Å². The fraction of sp³-hybridized carbons (Fsp3) is 0.500. The topological polar surface area (TPSA) is 20.2 Å². The highest BCUT2D eigenvalue weighted by atomic mass is 16.3. The largest absolute Gasteiger partial charge is 0.385 e. The van der Waals surface area contributed by atoms with E-state index >= 15 is 0 Å². The predicted octanol–water partition coefficient (Wildman–Crippen LogP) is 4.48. The van der Waals surface area contributed by atoms with Crippen LogP contribution in [0.15, 0.2) is 42.5 Å². The highest BCUT2D eigenvalue weighted by molar-refractivity contribution is 5.86. The number of benzene rings is 2. The van der Waals surface area contributed by atoms with Crippen LogP contribution in [-0.2, 0) is 5.60 Å². The van der Waals surface area contributed by atoms with Crippen molar-refractivity contribution in [3.05, 3.63) is 48.0 Å². The van der Waals surface area contributed by atoms with Gasteiger partial charge in [0.15, 0.2) is 0 Å². The molecule has 1 N–H and O–H groups in total. The molecule has 21 heavy (non-hydrogen) atoms. The average molecular weight is 278 g/mol. The minimum Gasteiger partial charge on any atom is -0.385 e. The lowest BCUT2D eigenvalue weighted by Gasteiger charge is -2.59. The summed E-state index contributed by atoms with van der Waals surface area (Å²) in [6, 6.07) is 15.0. The Bertz CT molecular complexity index is 669. The van der Waals surface area contributed by atoms with Crippen LogP contribution in [0.1, 0.15) is 37.7 Å². The Morgan fingerprint density at radius 3 is 2.10 bits per heavy atom. The minimum atomic E-state index is -0.575. The van der Waals surface area contributed by atoms with E-state index in [2.05, 4.69) is 42.5 Å². The molecule has 0 saturated heterocycles. The molecule has 0 radical (unpaired) electrons. The minimum absolute atomic E-state index is 0.486. The van der Waals surface area contributed by atoms with E-state index in [0.717, 1.165) is 11.8 Å². The summed E-state index contributed by atoms with van der Waals surface area (Å²) < 4.78 is 0. The van der Waals surface area contributed by atoms with Gasteiger partial charge in [0.25, 0.3) is 0 Å². The smallest absolute Gasteiger partial charge is 0.0958 e. The van der Waals surface area contributed by atoms with Crippen LogP contribution < -0.4 is 0 Å². The molecular weight excluding hydrogens is 256 g/mol. The van der Waals surface area contributed by atoms with Crippen molar-refractivity contribution in [2.24, 2.45) is 23.7 Å². The van der Waals surface area contributed by atoms with Gasteiger partial charge in [-0.2, -0.15) is 0 Å². The number of rotatable bonds is 1. The van der Waals surface area contributed by atoms with E-state index in [1.165, 1.54) is 48.4 Å². The third-order valence-corrected chi connectivity index (χ3v) is 6.60. The van der Waals surface area contributed by atoms with E-state index < -0.39 is 5.60 Å². The quantitative estimate of drug-likeness (QED) is 0.815. The Morgan fingerprint density at radius 1 is 0.762 bits per heavy atom. The van der Waals surface area contributed by atoms with Crippen LogP contribution in [0, 0.1) is 23.7 Å². The van der Waals surface area contributed by atoms with Crippen molar-refractivity contribution in [2.45, 2.75) is 37.7 Å². The highest BCUT2D eigenvalue weighted by Gasteiger charge is 2.57. The van der Waals surface area contributed by atoms with Crippen LogP contribution >= 0.6 is 0 Å². The van der Waals surface area contributed by atoms with E-state index in [4.69, 9.17) is 0 Å². The monoisotopic (exact) mass is 278 g/mol. The fourth-order valence-corrected chi connectivity index (χ4v) is 5.92. The van der Waals surface area contributed by atoms with Crippen LogP contribution in [0.5, 0.6) is 0 Å². The molecular formula is C20H22O. The van der Waals surface area contributed by atoms with Crippen molar-refractivity contribution in [3.8, 4) is 0 Å². The molecule has 2 aromatic rings. The van der Waals surface area contributed by atoms with Gasteiger partial charge >= 0.3 is 0 Å². The molecule has 4 saturated carbocycles. The first-order chi connectivity index (χ1) is 10.2. The molecule has 4 fully saturated rings. The van der Waals surface area contributed by atoms with Crippen molar-refractivity contribution in [1.82, 2.24) is 0 Å². The van der Waals surface area contributed by atoms with E-state index in [1.54, 1.807) is 0 Å². The summed E-state index contributed by atoms with van der Waals surface area (Å²) in [7, 11) is 0. The molecule has 0 atom stereocenters. The van der Waals surface area contributed by atoms with Crippen LogP contribution in [0.2, 0.25) is 0 Å². The molecule has 0 aliphatic heterocycles. The summed E-state index contributed by atoms with van der Waals surface area (Å²) in [5, 5.41) is 14.3. The van der Waals surface area contributed by atoms with Gasteiger partial charge in [-0.15, -0.1) is 0 Å². The van der Waals surface area contributed by atoms with E-state index in [-0.39, 0.29) is 0 Å². The number of aliphatic hydroxyl groups is 1. The van der Waals surface area contributed by atoms with Gasteiger partial charge in [-0.25, -0.2) is 0 Å². The lowest BCUT2D eigenvalue weighted by Crippen LogP contribution is -2.55. The predicted molar refractivity (Wildman–Crippen MR) is 84.9 cm³/mol. The van der Waals surface area contributed by atoms with Crippen LogP contribution in [0.25, 0.3) is 10.8 Å². The second-order valence-electron chi connectivity index (χ2n) is 7.66. The molecule has 0 amide bonds. The van der Waals surface area contributed by atoms with Gasteiger partial charge in [0.2, 0.25) is 0 Å². The molecule has 4 aliphatic rings. The summed E-state index contributed by atoms with van der Waals surface area (Å²) in [6.07, 6.45) is 6.40. The third kappa shape index (κ3) is 1.56. The summed E-state index contributed by atoms with van der Waals surface area (Å²) in [4.78, 5) is 0. The molecule has 0 aromatic heterocycles. The molecule has 1 heteroatoms. The molecule has 1 nitrogen and oxygen atoms in total. The summed E-state index contributed by atoms with van der Waals surface area (Å²) >= 11 is 0.